The van der Waals surface area contributed by atoms with Gasteiger partial charge in [-0.15, -0.1) is 0 Å². The fraction of sp³-hybridized carbons (Fsp3) is 0.308. The van der Waals surface area contributed by atoms with Crippen LogP contribution in [0.25, 0.3) is 0 Å². The van der Waals surface area contributed by atoms with Gasteiger partial charge in [-0.3, -0.25) is 14.5 Å². The predicted molar refractivity (Wildman–Crippen MR) is 86.1 cm³/mol. The molecule has 2 rings (SSSR count). The second kappa shape index (κ2) is 6.56. The lowest BCUT2D eigenvalue weighted by Crippen LogP contribution is -2.32. The fourth-order valence-corrected chi connectivity index (χ4v) is 3.57. The summed E-state index contributed by atoms with van der Waals surface area (Å²) in [6, 6.07) is 6.82. The zero-order chi connectivity index (χ0) is 14.7. The van der Waals surface area contributed by atoms with Gasteiger partial charge in [-0.1, -0.05) is 35.6 Å². The highest BCUT2D eigenvalue weighted by molar-refractivity contribution is 8.24. The van der Waals surface area contributed by atoms with E-state index in [4.69, 9.17) is 23.8 Å². The van der Waals surface area contributed by atoms with Crippen molar-refractivity contribution in [1.82, 2.24) is 4.90 Å². The van der Waals surface area contributed by atoms with Crippen LogP contribution in [0.15, 0.2) is 24.3 Å². The molecule has 1 unspecified atom stereocenters. The normalized spacial score (nSPS) is 18.5. The fourth-order valence-electron chi connectivity index (χ4n) is 1.83. The Hall–Kier alpha value is -1.11. The van der Waals surface area contributed by atoms with Gasteiger partial charge in [0.05, 0.1) is 5.25 Å². The second-order valence-electron chi connectivity index (χ2n) is 4.21. The first-order valence-corrected chi connectivity index (χ1v) is 7.75. The number of anilines is 1. The number of carbonyl (C=O) groups excluding carboxylic acids is 2. The number of benzene rings is 1. The summed E-state index contributed by atoms with van der Waals surface area (Å²) in [5, 5.41) is 2.92. The van der Waals surface area contributed by atoms with Crippen LogP contribution in [0.5, 0.6) is 0 Å². The lowest BCUT2D eigenvalue weighted by atomic mass is 10.2. The average molecular weight is 329 g/mol. The Morgan fingerprint density at radius 3 is 2.65 bits per heavy atom. The SMILES string of the molecule is CCN1C(=O)C(CC(=O)Nc2ccc(Cl)cc2)SC1=S. The lowest BCUT2D eigenvalue weighted by molar-refractivity contribution is -0.128. The van der Waals surface area contributed by atoms with Gasteiger partial charge in [-0.2, -0.15) is 0 Å². The van der Waals surface area contributed by atoms with Gasteiger partial charge in [0.15, 0.2) is 0 Å². The maximum Gasteiger partial charge on any atom is 0.242 e. The van der Waals surface area contributed by atoms with Crippen LogP contribution >= 0.6 is 35.6 Å². The molecular weight excluding hydrogens is 316 g/mol. The maximum atomic E-state index is 12.0. The van der Waals surface area contributed by atoms with Crippen molar-refractivity contribution < 1.29 is 9.59 Å². The minimum absolute atomic E-state index is 0.0891. The van der Waals surface area contributed by atoms with E-state index in [9.17, 15) is 9.59 Å². The molecule has 7 heteroatoms. The van der Waals surface area contributed by atoms with Gasteiger partial charge >= 0.3 is 0 Å². The van der Waals surface area contributed by atoms with Crippen molar-refractivity contribution in [3.63, 3.8) is 0 Å². The molecule has 0 spiro atoms. The van der Waals surface area contributed by atoms with E-state index >= 15 is 0 Å². The molecule has 0 bridgehead atoms. The molecule has 1 fully saturated rings. The molecule has 1 aromatic carbocycles. The molecule has 1 N–H and O–H groups in total. The first-order chi connectivity index (χ1) is 9.51. The molecule has 0 saturated carbocycles. The molecule has 0 aromatic heterocycles. The second-order valence-corrected chi connectivity index (χ2v) is 6.49. The van der Waals surface area contributed by atoms with Crippen LogP contribution < -0.4 is 5.32 Å². The molecule has 0 radical (unpaired) electrons. The molecule has 106 valence electrons. The Labute approximate surface area is 131 Å². The summed E-state index contributed by atoms with van der Waals surface area (Å²) < 4.78 is 0.543. The molecule has 20 heavy (non-hydrogen) atoms. The van der Waals surface area contributed by atoms with E-state index in [2.05, 4.69) is 5.32 Å². The summed E-state index contributed by atoms with van der Waals surface area (Å²) in [7, 11) is 0. The van der Waals surface area contributed by atoms with Gasteiger partial charge in [0.1, 0.15) is 4.32 Å². The van der Waals surface area contributed by atoms with E-state index in [1.165, 1.54) is 16.7 Å². The summed E-state index contributed by atoms with van der Waals surface area (Å²) in [4.78, 5) is 25.5. The van der Waals surface area contributed by atoms with E-state index in [1.807, 2.05) is 6.92 Å². The molecule has 1 aliphatic heterocycles. The van der Waals surface area contributed by atoms with Crippen molar-refractivity contribution in [3.05, 3.63) is 29.3 Å². The summed E-state index contributed by atoms with van der Waals surface area (Å²) in [5.41, 5.74) is 0.657. The van der Waals surface area contributed by atoms with Gasteiger partial charge in [-0.05, 0) is 31.2 Å². The third-order valence-corrected chi connectivity index (χ3v) is 4.66. The molecule has 1 atom stereocenters. The number of hydrogen-bond donors (Lipinski definition) is 1. The Morgan fingerprint density at radius 1 is 1.45 bits per heavy atom. The van der Waals surface area contributed by atoms with Crippen molar-refractivity contribution in [2.75, 3.05) is 11.9 Å². The predicted octanol–water partition coefficient (Wildman–Crippen LogP) is 2.92. The molecule has 1 aliphatic rings. The molecule has 2 amide bonds. The molecular formula is C13H13ClN2O2S2. The van der Waals surface area contributed by atoms with Crippen molar-refractivity contribution >= 4 is 57.4 Å². The van der Waals surface area contributed by atoms with E-state index in [0.717, 1.165) is 0 Å². The van der Waals surface area contributed by atoms with Crippen LogP contribution in [0.2, 0.25) is 5.02 Å². The van der Waals surface area contributed by atoms with Crippen molar-refractivity contribution in [2.24, 2.45) is 0 Å². The largest absolute Gasteiger partial charge is 0.326 e. The summed E-state index contributed by atoms with van der Waals surface area (Å²) in [6.45, 7) is 2.40. The molecule has 1 aromatic rings. The van der Waals surface area contributed by atoms with E-state index in [1.54, 1.807) is 24.3 Å². The number of thioether (sulfide) groups is 1. The molecule has 0 aliphatic carbocycles. The van der Waals surface area contributed by atoms with Crippen molar-refractivity contribution in [2.45, 2.75) is 18.6 Å². The third kappa shape index (κ3) is 3.50. The van der Waals surface area contributed by atoms with Crippen LogP contribution in [0.4, 0.5) is 5.69 Å². The highest BCUT2D eigenvalue weighted by Crippen LogP contribution is 2.29. The summed E-state index contributed by atoms with van der Waals surface area (Å²) in [5.74, 6) is -0.298. The Morgan fingerprint density at radius 2 is 2.10 bits per heavy atom. The van der Waals surface area contributed by atoms with Crippen molar-refractivity contribution in [1.29, 1.82) is 0 Å². The highest BCUT2D eigenvalue weighted by Gasteiger charge is 2.37. The van der Waals surface area contributed by atoms with Gasteiger partial charge in [0.25, 0.3) is 0 Å². The molecule has 4 nitrogen and oxygen atoms in total. The number of rotatable bonds is 4. The van der Waals surface area contributed by atoms with Gasteiger partial charge in [-0.25, -0.2) is 0 Å². The quantitative estimate of drug-likeness (QED) is 0.863. The Balaban J connectivity index is 1.94. The standard InChI is InChI=1S/C13H13ClN2O2S2/c1-2-16-12(18)10(20-13(16)19)7-11(17)15-9-5-3-8(14)4-6-9/h3-6,10H,2,7H2,1H3,(H,15,17). The number of amides is 2. The Kier molecular flexibility index (Phi) is 5.01. The van der Waals surface area contributed by atoms with Gasteiger partial charge in [0.2, 0.25) is 11.8 Å². The van der Waals surface area contributed by atoms with Crippen molar-refractivity contribution in [3.8, 4) is 0 Å². The summed E-state index contributed by atoms with van der Waals surface area (Å²) in [6.07, 6.45) is 0.114. The minimum atomic E-state index is -0.422. The maximum absolute atomic E-state index is 12.0. The average Bonchev–Trinajstić information content (AvgIpc) is 2.67. The van der Waals surface area contributed by atoms with E-state index in [-0.39, 0.29) is 18.2 Å². The topological polar surface area (TPSA) is 49.4 Å². The summed E-state index contributed by atoms with van der Waals surface area (Å²) >= 11 is 12.2. The monoisotopic (exact) mass is 328 g/mol. The van der Waals surface area contributed by atoms with Crippen LogP contribution in [-0.2, 0) is 9.59 Å². The lowest BCUT2D eigenvalue weighted by Gasteiger charge is -2.12. The zero-order valence-electron chi connectivity index (χ0n) is 10.8. The third-order valence-electron chi connectivity index (χ3n) is 2.82. The number of nitrogens with one attached hydrogen (secondary N) is 1. The first-order valence-electron chi connectivity index (χ1n) is 6.08. The number of thiocarbonyl (C=S) groups is 1. The zero-order valence-corrected chi connectivity index (χ0v) is 13.1. The molecule has 1 heterocycles. The van der Waals surface area contributed by atoms with Gasteiger partial charge < -0.3 is 5.32 Å². The van der Waals surface area contributed by atoms with E-state index < -0.39 is 5.25 Å². The highest BCUT2D eigenvalue weighted by atomic mass is 35.5. The van der Waals surface area contributed by atoms with E-state index in [0.29, 0.717) is 21.6 Å². The van der Waals surface area contributed by atoms with Crippen LogP contribution in [-0.4, -0.2) is 32.8 Å². The molecule has 1 saturated heterocycles. The van der Waals surface area contributed by atoms with Gasteiger partial charge in [0, 0.05) is 23.7 Å². The number of hydrogen-bond acceptors (Lipinski definition) is 4. The smallest absolute Gasteiger partial charge is 0.242 e. The number of halogens is 1. The van der Waals surface area contributed by atoms with Crippen LogP contribution in [0, 0.1) is 0 Å². The minimum Gasteiger partial charge on any atom is -0.326 e. The number of nitrogens with zero attached hydrogens (tertiary/aromatic N) is 1. The Bertz CT molecular complexity index is 548. The number of carbonyl (C=O) groups is 2. The van der Waals surface area contributed by atoms with Crippen LogP contribution in [0.3, 0.4) is 0 Å². The first kappa shape index (κ1) is 15.3. The van der Waals surface area contributed by atoms with Crippen LogP contribution in [0.1, 0.15) is 13.3 Å².